The number of rotatable bonds is 2. The molecule has 0 saturated carbocycles. The van der Waals surface area contributed by atoms with Crippen LogP contribution in [-0.2, 0) is 0 Å². The Bertz CT molecular complexity index is 833. The maximum Gasteiger partial charge on any atom is 0.274 e. The molecule has 0 aliphatic rings. The highest BCUT2D eigenvalue weighted by Crippen LogP contribution is 2.23. The Balaban J connectivity index is 1.94. The minimum Gasteiger partial charge on any atom is -0.508 e. The van der Waals surface area contributed by atoms with E-state index in [2.05, 4.69) is 10.3 Å². The summed E-state index contributed by atoms with van der Waals surface area (Å²) in [6.07, 6.45) is 0. The lowest BCUT2D eigenvalue weighted by atomic mass is 10.1. The second-order valence-electron chi connectivity index (χ2n) is 4.52. The van der Waals surface area contributed by atoms with Crippen molar-refractivity contribution in [3.8, 4) is 5.75 Å². The summed E-state index contributed by atoms with van der Waals surface area (Å²) in [5, 5.41) is 14.0. The number of carbonyl (C=O) groups is 1. The Hall–Kier alpha value is -2.59. The maximum atomic E-state index is 12.2. The van der Waals surface area contributed by atoms with Gasteiger partial charge in [-0.15, -0.1) is 0 Å². The molecule has 1 amide bonds. The number of halogens is 1. The quantitative estimate of drug-likeness (QED) is 0.706. The number of pyridine rings is 1. The molecule has 2 N–H and O–H groups in total. The molecule has 1 aromatic heterocycles. The van der Waals surface area contributed by atoms with Crippen LogP contribution in [0.15, 0.2) is 54.6 Å². The highest BCUT2D eigenvalue weighted by atomic mass is 35.5. The zero-order chi connectivity index (χ0) is 14.8. The van der Waals surface area contributed by atoms with Crippen LogP contribution in [0.5, 0.6) is 5.75 Å². The first-order valence-electron chi connectivity index (χ1n) is 6.29. The monoisotopic (exact) mass is 298 g/mol. The van der Waals surface area contributed by atoms with Crippen LogP contribution >= 0.6 is 11.6 Å². The summed E-state index contributed by atoms with van der Waals surface area (Å²) in [5.74, 6) is -0.300. The zero-order valence-electron chi connectivity index (χ0n) is 10.9. The van der Waals surface area contributed by atoms with E-state index in [1.807, 2.05) is 24.3 Å². The van der Waals surface area contributed by atoms with E-state index >= 15 is 0 Å². The van der Waals surface area contributed by atoms with Crippen LogP contribution in [0.3, 0.4) is 0 Å². The Morgan fingerprint density at radius 2 is 1.90 bits per heavy atom. The molecule has 3 aromatic rings. The van der Waals surface area contributed by atoms with Crippen molar-refractivity contribution in [3.63, 3.8) is 0 Å². The molecule has 2 aromatic carbocycles. The van der Waals surface area contributed by atoms with Crippen molar-refractivity contribution in [2.75, 3.05) is 5.32 Å². The molecular formula is C16H11ClN2O2. The van der Waals surface area contributed by atoms with Crippen LogP contribution in [0.25, 0.3) is 10.8 Å². The van der Waals surface area contributed by atoms with Gasteiger partial charge in [0.15, 0.2) is 0 Å². The van der Waals surface area contributed by atoms with Gasteiger partial charge in [-0.1, -0.05) is 41.9 Å². The van der Waals surface area contributed by atoms with Gasteiger partial charge in [-0.25, -0.2) is 4.98 Å². The normalized spacial score (nSPS) is 10.5. The smallest absolute Gasteiger partial charge is 0.274 e. The minimum absolute atomic E-state index is 0.0808. The third-order valence-corrected chi connectivity index (χ3v) is 3.32. The molecule has 104 valence electrons. The molecule has 0 aliphatic carbocycles. The first kappa shape index (κ1) is 13.4. The number of aromatic nitrogens is 1. The topological polar surface area (TPSA) is 62.2 Å². The number of phenols is 1. The number of amides is 1. The molecule has 1 heterocycles. The number of nitrogens with zero attached hydrogens (tertiary/aromatic N) is 1. The highest BCUT2D eigenvalue weighted by molar-refractivity contribution is 6.34. The fourth-order valence-electron chi connectivity index (χ4n) is 2.05. The number of fused-ring (bicyclic) bond motifs is 1. The van der Waals surface area contributed by atoms with Gasteiger partial charge in [0.2, 0.25) is 0 Å². The van der Waals surface area contributed by atoms with Crippen LogP contribution in [0.2, 0.25) is 5.15 Å². The zero-order valence-corrected chi connectivity index (χ0v) is 11.6. The fourth-order valence-corrected chi connectivity index (χ4v) is 2.31. The molecule has 0 aliphatic heterocycles. The van der Waals surface area contributed by atoms with Crippen LogP contribution in [0.4, 0.5) is 5.69 Å². The number of benzene rings is 2. The van der Waals surface area contributed by atoms with Gasteiger partial charge in [0, 0.05) is 17.1 Å². The fraction of sp³-hybridized carbons (Fsp3) is 0. The number of carbonyl (C=O) groups excluding carboxylic acids is 1. The Kier molecular flexibility index (Phi) is 3.46. The average molecular weight is 299 g/mol. The van der Waals surface area contributed by atoms with E-state index in [1.165, 1.54) is 12.1 Å². The van der Waals surface area contributed by atoms with E-state index in [9.17, 15) is 9.90 Å². The molecule has 21 heavy (non-hydrogen) atoms. The van der Waals surface area contributed by atoms with E-state index in [1.54, 1.807) is 18.2 Å². The van der Waals surface area contributed by atoms with E-state index in [0.717, 1.165) is 10.8 Å². The van der Waals surface area contributed by atoms with E-state index in [4.69, 9.17) is 11.6 Å². The first-order valence-corrected chi connectivity index (χ1v) is 6.67. The third kappa shape index (κ3) is 2.80. The van der Waals surface area contributed by atoms with Gasteiger partial charge in [-0.3, -0.25) is 4.79 Å². The Morgan fingerprint density at radius 3 is 2.71 bits per heavy atom. The predicted molar refractivity (Wildman–Crippen MR) is 82.8 cm³/mol. The minimum atomic E-state index is -0.381. The third-order valence-electron chi connectivity index (χ3n) is 3.03. The summed E-state index contributed by atoms with van der Waals surface area (Å²) < 4.78 is 0. The van der Waals surface area contributed by atoms with Crippen molar-refractivity contribution in [1.82, 2.24) is 4.98 Å². The standard InChI is InChI=1S/C16H11ClN2O2/c17-15-13-7-2-1-4-10(13)8-14(19-15)16(21)18-11-5-3-6-12(20)9-11/h1-9,20H,(H,18,21). The van der Waals surface area contributed by atoms with Gasteiger partial charge in [-0.05, 0) is 23.6 Å². The van der Waals surface area contributed by atoms with Gasteiger partial charge >= 0.3 is 0 Å². The van der Waals surface area contributed by atoms with Gasteiger partial charge in [0.25, 0.3) is 5.91 Å². The lowest BCUT2D eigenvalue weighted by Gasteiger charge is -2.07. The van der Waals surface area contributed by atoms with Crippen LogP contribution in [0, 0.1) is 0 Å². The molecule has 0 radical (unpaired) electrons. The molecule has 0 unspecified atom stereocenters. The van der Waals surface area contributed by atoms with Crippen molar-refractivity contribution >= 4 is 34.0 Å². The maximum absolute atomic E-state index is 12.2. The SMILES string of the molecule is O=C(Nc1cccc(O)c1)c1cc2ccccc2c(Cl)n1. The number of hydrogen-bond donors (Lipinski definition) is 2. The summed E-state index contributed by atoms with van der Waals surface area (Å²) in [6.45, 7) is 0. The second-order valence-corrected chi connectivity index (χ2v) is 4.88. The summed E-state index contributed by atoms with van der Waals surface area (Å²) in [4.78, 5) is 16.3. The molecule has 0 spiro atoms. The summed E-state index contributed by atoms with van der Waals surface area (Å²) in [7, 11) is 0. The highest BCUT2D eigenvalue weighted by Gasteiger charge is 2.11. The van der Waals surface area contributed by atoms with Gasteiger partial charge in [-0.2, -0.15) is 0 Å². The lowest BCUT2D eigenvalue weighted by Crippen LogP contribution is -2.13. The van der Waals surface area contributed by atoms with Crippen LogP contribution in [-0.4, -0.2) is 16.0 Å². The molecule has 0 atom stereocenters. The second kappa shape index (κ2) is 5.42. The van der Waals surface area contributed by atoms with Crippen molar-refractivity contribution < 1.29 is 9.90 Å². The lowest BCUT2D eigenvalue weighted by molar-refractivity contribution is 0.102. The largest absolute Gasteiger partial charge is 0.508 e. The number of phenolic OH excluding ortho intramolecular Hbond substituents is 1. The van der Waals surface area contributed by atoms with E-state index in [0.29, 0.717) is 5.69 Å². The number of aromatic hydroxyl groups is 1. The van der Waals surface area contributed by atoms with Crippen molar-refractivity contribution in [2.24, 2.45) is 0 Å². The predicted octanol–water partition coefficient (Wildman–Crippen LogP) is 3.85. The molecule has 3 rings (SSSR count). The summed E-state index contributed by atoms with van der Waals surface area (Å²) in [6, 6.07) is 15.4. The average Bonchev–Trinajstić information content (AvgIpc) is 2.47. The summed E-state index contributed by atoms with van der Waals surface area (Å²) in [5.41, 5.74) is 0.716. The van der Waals surface area contributed by atoms with Crippen molar-refractivity contribution in [3.05, 3.63) is 65.4 Å². The molecule has 5 heteroatoms. The molecular weight excluding hydrogens is 288 g/mol. The van der Waals surface area contributed by atoms with Crippen LogP contribution in [0.1, 0.15) is 10.5 Å². The van der Waals surface area contributed by atoms with Gasteiger partial charge in [0.05, 0.1) is 0 Å². The van der Waals surface area contributed by atoms with Crippen LogP contribution < -0.4 is 5.32 Å². The Morgan fingerprint density at radius 1 is 1.10 bits per heavy atom. The molecule has 0 saturated heterocycles. The molecule has 0 fully saturated rings. The summed E-state index contributed by atoms with van der Waals surface area (Å²) >= 11 is 6.10. The Labute approximate surface area is 126 Å². The van der Waals surface area contributed by atoms with E-state index < -0.39 is 0 Å². The van der Waals surface area contributed by atoms with Crippen molar-refractivity contribution in [1.29, 1.82) is 0 Å². The number of hydrogen-bond acceptors (Lipinski definition) is 3. The first-order chi connectivity index (χ1) is 10.1. The van der Waals surface area contributed by atoms with Gasteiger partial charge < -0.3 is 10.4 Å². The van der Waals surface area contributed by atoms with E-state index in [-0.39, 0.29) is 22.5 Å². The molecule has 4 nitrogen and oxygen atoms in total. The van der Waals surface area contributed by atoms with Gasteiger partial charge in [0.1, 0.15) is 16.6 Å². The van der Waals surface area contributed by atoms with Crippen molar-refractivity contribution in [2.45, 2.75) is 0 Å². The number of anilines is 1. The number of nitrogens with one attached hydrogen (secondary N) is 1. The molecule has 0 bridgehead atoms.